The third kappa shape index (κ3) is 20.0. The maximum absolute atomic E-state index is 13.8. The Morgan fingerprint density at radius 3 is 1.27 bits per heavy atom. The number of hydrogen-bond donors (Lipinski definition) is 11. The van der Waals surface area contributed by atoms with Crippen molar-refractivity contribution in [2.45, 2.75) is 151 Å². The molecule has 354 valence electrons. The Kier molecular flexibility index (Phi) is 25.9. The number of nitrogens with two attached hydrogens (primary N) is 1. The standard InChI is InChI=1S/C41H74N10O11/c1-13-22(8)32(48-29(53)18-43-35(55)25(11)46-36(56)26(12)45-28(52)17-42)38(58)44-19-30(54)49-33(23(9)14-2)39(59)47-27(16-20(4)5)37(57)51-34(24(10)15-3)40(60)50-31(21(6)7)41(61)62/h20-27,31-34H,13-19,42H2,1-12H3,(H,43,55)(H,44,58)(H,45,52)(H,46,56)(H,47,59)(H,48,53)(H,49,54)(H,50,60)(H,51,57)(H,61,62)/t22-,23-,24-,25-,26-,27-,31-,32-,33-,34-/m0/s1. The molecule has 0 fully saturated rings. The summed E-state index contributed by atoms with van der Waals surface area (Å²) < 4.78 is 0. The van der Waals surface area contributed by atoms with Crippen LogP contribution in [0.25, 0.3) is 0 Å². The molecule has 0 heterocycles. The second-order valence-electron chi connectivity index (χ2n) is 16.7. The van der Waals surface area contributed by atoms with Crippen LogP contribution in [0.2, 0.25) is 0 Å². The topological polar surface area (TPSA) is 325 Å². The third-order valence-electron chi connectivity index (χ3n) is 10.5. The zero-order valence-electron chi connectivity index (χ0n) is 38.5. The van der Waals surface area contributed by atoms with E-state index in [-0.39, 0.29) is 18.9 Å². The fourth-order valence-corrected chi connectivity index (χ4v) is 5.90. The predicted molar refractivity (Wildman–Crippen MR) is 230 cm³/mol. The highest BCUT2D eigenvalue weighted by Gasteiger charge is 2.35. The molecule has 21 nitrogen and oxygen atoms in total. The Morgan fingerprint density at radius 1 is 0.452 bits per heavy atom. The lowest BCUT2D eigenvalue weighted by molar-refractivity contribution is -0.144. The van der Waals surface area contributed by atoms with Gasteiger partial charge in [0.15, 0.2) is 0 Å². The van der Waals surface area contributed by atoms with Gasteiger partial charge >= 0.3 is 5.97 Å². The zero-order valence-corrected chi connectivity index (χ0v) is 38.5. The van der Waals surface area contributed by atoms with Crippen molar-refractivity contribution in [1.82, 2.24) is 47.9 Å². The van der Waals surface area contributed by atoms with E-state index < -0.39 is 138 Å². The Balaban J connectivity index is 5.78. The zero-order chi connectivity index (χ0) is 48.0. The highest BCUT2D eigenvalue weighted by atomic mass is 16.4. The fourth-order valence-electron chi connectivity index (χ4n) is 5.90. The number of carboxylic acid groups (broad SMARTS) is 1. The molecule has 0 aliphatic heterocycles. The summed E-state index contributed by atoms with van der Waals surface area (Å²) >= 11 is 0. The summed E-state index contributed by atoms with van der Waals surface area (Å²) in [7, 11) is 0. The summed E-state index contributed by atoms with van der Waals surface area (Å²) in [5.41, 5.74) is 5.24. The molecule has 0 aliphatic carbocycles. The van der Waals surface area contributed by atoms with E-state index in [0.29, 0.717) is 19.3 Å². The van der Waals surface area contributed by atoms with Gasteiger partial charge in [-0.15, -0.1) is 0 Å². The largest absolute Gasteiger partial charge is 0.480 e. The number of rotatable bonds is 28. The van der Waals surface area contributed by atoms with Crippen molar-refractivity contribution in [2.24, 2.45) is 35.3 Å². The molecule has 10 atom stereocenters. The van der Waals surface area contributed by atoms with Gasteiger partial charge in [-0.2, -0.15) is 0 Å². The molecule has 0 rings (SSSR count). The lowest BCUT2D eigenvalue weighted by Gasteiger charge is -2.30. The first kappa shape index (κ1) is 56.7. The molecule has 9 amide bonds. The van der Waals surface area contributed by atoms with Crippen LogP contribution in [-0.4, -0.2) is 126 Å². The summed E-state index contributed by atoms with van der Waals surface area (Å²) in [5, 5.41) is 32.4. The second-order valence-corrected chi connectivity index (χ2v) is 16.7. The average Bonchev–Trinajstić information content (AvgIpc) is 3.21. The molecule has 0 radical (unpaired) electrons. The number of carboxylic acids is 1. The lowest BCUT2D eigenvalue weighted by atomic mass is 9.95. The van der Waals surface area contributed by atoms with Crippen LogP contribution < -0.4 is 53.6 Å². The molecule has 62 heavy (non-hydrogen) atoms. The second kappa shape index (κ2) is 28.3. The SMILES string of the molecule is CC[C@H](C)[C@H](NC(=O)CNC(=O)[C@H](C)NC(=O)[C@H](C)NC(=O)CN)C(=O)NCC(=O)N[C@H](C(=O)N[C@@H](CC(C)C)C(=O)N[C@H](C(=O)N[C@H](C(=O)O)C(C)C)[C@@H](C)CC)[C@@H](C)CC. The molecule has 0 unspecified atom stereocenters. The molecule has 0 saturated heterocycles. The van der Waals surface area contributed by atoms with Crippen LogP contribution in [0.1, 0.15) is 109 Å². The van der Waals surface area contributed by atoms with Gasteiger partial charge in [0.1, 0.15) is 42.3 Å². The van der Waals surface area contributed by atoms with Gasteiger partial charge in [0.25, 0.3) is 0 Å². The van der Waals surface area contributed by atoms with Gasteiger partial charge in [-0.25, -0.2) is 4.79 Å². The number of hydrogen-bond acceptors (Lipinski definition) is 11. The summed E-state index contributed by atoms with van der Waals surface area (Å²) in [6.45, 7) is 18.9. The van der Waals surface area contributed by atoms with E-state index in [9.17, 15) is 53.1 Å². The minimum absolute atomic E-state index is 0.0926. The van der Waals surface area contributed by atoms with Crippen molar-refractivity contribution >= 4 is 59.1 Å². The number of aliphatic carboxylic acids is 1. The van der Waals surface area contributed by atoms with E-state index in [1.165, 1.54) is 13.8 Å². The van der Waals surface area contributed by atoms with E-state index in [2.05, 4.69) is 47.9 Å². The Morgan fingerprint density at radius 2 is 0.855 bits per heavy atom. The Labute approximate surface area is 365 Å². The van der Waals surface area contributed by atoms with Gasteiger partial charge in [0, 0.05) is 0 Å². The maximum Gasteiger partial charge on any atom is 0.326 e. The first-order valence-electron chi connectivity index (χ1n) is 21.4. The van der Waals surface area contributed by atoms with Crippen LogP contribution in [0.5, 0.6) is 0 Å². The highest BCUT2D eigenvalue weighted by molar-refractivity contribution is 5.97. The maximum atomic E-state index is 13.8. The van der Waals surface area contributed by atoms with E-state index in [0.717, 1.165) is 0 Å². The number of nitrogens with one attached hydrogen (secondary N) is 9. The first-order chi connectivity index (χ1) is 28.8. The third-order valence-corrected chi connectivity index (χ3v) is 10.5. The average molecular weight is 883 g/mol. The van der Waals surface area contributed by atoms with Crippen LogP contribution in [-0.2, 0) is 47.9 Å². The van der Waals surface area contributed by atoms with Gasteiger partial charge < -0.3 is 58.7 Å². The van der Waals surface area contributed by atoms with E-state index >= 15 is 0 Å². The molecule has 21 heteroatoms. The van der Waals surface area contributed by atoms with Gasteiger partial charge in [-0.1, -0.05) is 88.5 Å². The molecule has 0 aliphatic rings. The Bertz CT molecular complexity index is 1560. The van der Waals surface area contributed by atoms with Crippen molar-refractivity contribution in [3.05, 3.63) is 0 Å². The predicted octanol–water partition coefficient (Wildman–Crippen LogP) is -1.46. The lowest BCUT2D eigenvalue weighted by Crippen LogP contribution is -2.60. The van der Waals surface area contributed by atoms with Crippen LogP contribution >= 0.6 is 0 Å². The van der Waals surface area contributed by atoms with Gasteiger partial charge in [-0.3, -0.25) is 43.2 Å². The monoisotopic (exact) mass is 883 g/mol. The van der Waals surface area contributed by atoms with Crippen molar-refractivity contribution in [3.63, 3.8) is 0 Å². The van der Waals surface area contributed by atoms with Crippen LogP contribution in [0.3, 0.4) is 0 Å². The molecule has 0 saturated carbocycles. The fraction of sp³-hybridized carbons (Fsp3) is 0.756. The van der Waals surface area contributed by atoms with Crippen LogP contribution in [0.4, 0.5) is 0 Å². The first-order valence-corrected chi connectivity index (χ1v) is 21.4. The van der Waals surface area contributed by atoms with Crippen LogP contribution in [0.15, 0.2) is 0 Å². The molecule has 12 N–H and O–H groups in total. The van der Waals surface area contributed by atoms with Crippen molar-refractivity contribution in [1.29, 1.82) is 0 Å². The molecule has 0 aromatic heterocycles. The van der Waals surface area contributed by atoms with Crippen molar-refractivity contribution in [3.8, 4) is 0 Å². The van der Waals surface area contributed by atoms with Crippen LogP contribution in [0, 0.1) is 29.6 Å². The van der Waals surface area contributed by atoms with Crippen molar-refractivity contribution < 1.29 is 53.1 Å². The Hall–Kier alpha value is -5.34. The van der Waals surface area contributed by atoms with Crippen molar-refractivity contribution in [2.75, 3.05) is 19.6 Å². The van der Waals surface area contributed by atoms with Gasteiger partial charge in [-0.05, 0) is 49.9 Å². The summed E-state index contributed by atoms with van der Waals surface area (Å²) in [6, 6.07) is -7.73. The van der Waals surface area contributed by atoms with E-state index in [1.54, 1.807) is 48.5 Å². The van der Waals surface area contributed by atoms with E-state index in [4.69, 9.17) is 5.73 Å². The summed E-state index contributed by atoms with van der Waals surface area (Å²) in [5.74, 6) is -9.08. The quantitative estimate of drug-likeness (QED) is 0.0430. The van der Waals surface area contributed by atoms with Gasteiger partial charge in [0.2, 0.25) is 53.2 Å². The summed E-state index contributed by atoms with van der Waals surface area (Å²) in [6.07, 6.45) is 1.54. The molecular weight excluding hydrogens is 809 g/mol. The summed E-state index contributed by atoms with van der Waals surface area (Å²) in [4.78, 5) is 128. The molecule has 0 spiro atoms. The highest BCUT2D eigenvalue weighted by Crippen LogP contribution is 2.14. The number of amides is 9. The smallest absolute Gasteiger partial charge is 0.326 e. The molecular formula is C41H74N10O11. The van der Waals surface area contributed by atoms with E-state index in [1.807, 2.05) is 20.8 Å². The number of carbonyl (C=O) groups excluding carboxylic acids is 9. The minimum Gasteiger partial charge on any atom is -0.480 e. The minimum atomic E-state index is -1.22. The molecule has 0 bridgehead atoms. The number of carbonyl (C=O) groups is 10. The normalized spacial score (nSPS) is 16.0. The molecule has 0 aromatic rings. The van der Waals surface area contributed by atoms with Gasteiger partial charge in [0.05, 0.1) is 19.6 Å². The molecule has 0 aromatic carbocycles.